The van der Waals surface area contributed by atoms with Crippen molar-refractivity contribution in [3.63, 3.8) is 0 Å². The first-order chi connectivity index (χ1) is 11.5. The summed E-state index contributed by atoms with van der Waals surface area (Å²) < 4.78 is 36.9. The summed E-state index contributed by atoms with van der Waals surface area (Å²) in [7, 11) is -3.67. The molecule has 7 nitrogen and oxygen atoms in total. The Hall–Kier alpha value is -2.84. The zero-order valence-corrected chi connectivity index (χ0v) is 13.2. The van der Waals surface area contributed by atoms with Crippen molar-refractivity contribution in [1.82, 2.24) is 4.72 Å². The fourth-order valence-electron chi connectivity index (χ4n) is 1.98. The van der Waals surface area contributed by atoms with Crippen LogP contribution in [0.25, 0.3) is 0 Å². The van der Waals surface area contributed by atoms with Gasteiger partial charge in [0.2, 0.25) is 10.0 Å². The quantitative estimate of drug-likeness (QED) is 0.714. The van der Waals surface area contributed by atoms with E-state index < -0.39 is 15.9 Å². The van der Waals surface area contributed by atoms with E-state index in [9.17, 15) is 13.2 Å². The van der Waals surface area contributed by atoms with Crippen molar-refractivity contribution in [3.05, 3.63) is 72.6 Å². The second kappa shape index (κ2) is 6.73. The van der Waals surface area contributed by atoms with Gasteiger partial charge in [0.25, 0.3) is 5.91 Å². The second-order valence-electron chi connectivity index (χ2n) is 4.86. The van der Waals surface area contributed by atoms with Gasteiger partial charge in [0.1, 0.15) is 5.76 Å². The lowest BCUT2D eigenvalue weighted by Gasteiger charge is -2.07. The van der Waals surface area contributed by atoms with Crippen LogP contribution >= 0.6 is 0 Å². The molecule has 8 heteroatoms. The van der Waals surface area contributed by atoms with Crippen molar-refractivity contribution < 1.29 is 22.0 Å². The second-order valence-corrected chi connectivity index (χ2v) is 6.63. The summed E-state index contributed by atoms with van der Waals surface area (Å²) >= 11 is 0. The van der Waals surface area contributed by atoms with Gasteiger partial charge in [0.05, 0.1) is 24.0 Å². The first-order valence-electron chi connectivity index (χ1n) is 7.01. The van der Waals surface area contributed by atoms with Crippen molar-refractivity contribution in [2.45, 2.75) is 11.4 Å². The molecule has 0 fully saturated rings. The highest BCUT2D eigenvalue weighted by Crippen LogP contribution is 2.15. The Morgan fingerprint density at radius 3 is 2.29 bits per heavy atom. The molecule has 1 amide bonds. The van der Waals surface area contributed by atoms with Gasteiger partial charge < -0.3 is 14.2 Å². The number of anilines is 1. The van der Waals surface area contributed by atoms with Crippen LogP contribution in [0, 0.1) is 0 Å². The molecule has 3 aromatic rings. The Kier molecular flexibility index (Phi) is 4.50. The number of benzene rings is 1. The monoisotopic (exact) mass is 346 g/mol. The maximum atomic E-state index is 12.2. The molecule has 124 valence electrons. The number of furan rings is 2. The summed E-state index contributed by atoms with van der Waals surface area (Å²) in [6.07, 6.45) is 2.87. The highest BCUT2D eigenvalue weighted by atomic mass is 32.2. The number of hydrogen-bond donors (Lipinski definition) is 2. The predicted molar refractivity (Wildman–Crippen MR) is 85.8 cm³/mol. The average Bonchev–Trinajstić information content (AvgIpc) is 3.27. The van der Waals surface area contributed by atoms with Gasteiger partial charge in [-0.2, -0.15) is 0 Å². The van der Waals surface area contributed by atoms with E-state index in [0.717, 1.165) is 0 Å². The molecule has 1 aromatic carbocycles. The highest BCUT2D eigenvalue weighted by Gasteiger charge is 2.15. The minimum atomic E-state index is -3.67. The maximum absolute atomic E-state index is 12.2. The fourth-order valence-corrected chi connectivity index (χ4v) is 2.97. The lowest BCUT2D eigenvalue weighted by atomic mass is 10.3. The number of carbonyl (C=O) groups is 1. The Morgan fingerprint density at radius 2 is 1.67 bits per heavy atom. The minimum absolute atomic E-state index is 0.0618. The summed E-state index contributed by atoms with van der Waals surface area (Å²) in [5.41, 5.74) is 0.460. The molecule has 0 atom stereocenters. The molecule has 3 rings (SSSR count). The molecular formula is C16H14N2O5S. The molecule has 24 heavy (non-hydrogen) atoms. The van der Waals surface area contributed by atoms with E-state index in [4.69, 9.17) is 8.83 Å². The Labute approximate surface area is 138 Å². The van der Waals surface area contributed by atoms with Crippen LogP contribution in [-0.2, 0) is 16.6 Å². The summed E-state index contributed by atoms with van der Waals surface area (Å²) in [6.45, 7) is 0.0618. The van der Waals surface area contributed by atoms with Crippen molar-refractivity contribution in [2.75, 3.05) is 5.32 Å². The average molecular weight is 346 g/mol. The molecule has 0 unspecified atom stereocenters. The molecule has 2 aromatic heterocycles. The Bertz CT molecular complexity index is 898. The van der Waals surface area contributed by atoms with Crippen LogP contribution in [0.2, 0.25) is 0 Å². The van der Waals surface area contributed by atoms with Crippen molar-refractivity contribution in [3.8, 4) is 0 Å². The van der Waals surface area contributed by atoms with Crippen LogP contribution in [0.15, 0.2) is 74.8 Å². The molecule has 2 N–H and O–H groups in total. The first kappa shape index (κ1) is 16.0. The summed E-state index contributed by atoms with van der Waals surface area (Å²) in [4.78, 5) is 11.9. The fraction of sp³-hybridized carbons (Fsp3) is 0.0625. The third-order valence-electron chi connectivity index (χ3n) is 3.18. The summed E-state index contributed by atoms with van der Waals surface area (Å²) in [5.74, 6) is 0.277. The van der Waals surface area contributed by atoms with Crippen LogP contribution in [-0.4, -0.2) is 14.3 Å². The maximum Gasteiger partial charge on any atom is 0.291 e. The zero-order chi connectivity index (χ0) is 17.0. The topological polar surface area (TPSA) is 102 Å². The molecule has 0 saturated carbocycles. The lowest BCUT2D eigenvalue weighted by molar-refractivity contribution is 0.0996. The van der Waals surface area contributed by atoms with E-state index in [1.54, 1.807) is 18.2 Å². The molecule has 0 saturated heterocycles. The molecule has 0 aliphatic rings. The van der Waals surface area contributed by atoms with E-state index >= 15 is 0 Å². The summed E-state index contributed by atoms with van der Waals surface area (Å²) in [5, 5.41) is 2.61. The van der Waals surface area contributed by atoms with E-state index in [1.807, 2.05) is 0 Å². The Morgan fingerprint density at radius 1 is 0.958 bits per heavy atom. The van der Waals surface area contributed by atoms with Gasteiger partial charge in [-0.1, -0.05) is 0 Å². The largest absolute Gasteiger partial charge is 0.468 e. The number of amides is 1. The van der Waals surface area contributed by atoms with Crippen LogP contribution in [0.1, 0.15) is 16.3 Å². The van der Waals surface area contributed by atoms with Crippen LogP contribution in [0.5, 0.6) is 0 Å². The van der Waals surface area contributed by atoms with Gasteiger partial charge >= 0.3 is 0 Å². The number of carbonyl (C=O) groups excluding carboxylic acids is 1. The van der Waals surface area contributed by atoms with Gasteiger partial charge in [-0.25, -0.2) is 13.1 Å². The molecule has 2 heterocycles. The van der Waals surface area contributed by atoms with Crippen LogP contribution in [0.3, 0.4) is 0 Å². The number of nitrogens with one attached hydrogen (secondary N) is 2. The smallest absolute Gasteiger partial charge is 0.291 e. The normalized spacial score (nSPS) is 11.3. The van der Waals surface area contributed by atoms with Gasteiger partial charge in [-0.3, -0.25) is 4.79 Å². The molecule has 0 spiro atoms. The zero-order valence-electron chi connectivity index (χ0n) is 12.4. The van der Waals surface area contributed by atoms with E-state index in [2.05, 4.69) is 10.0 Å². The Balaban J connectivity index is 1.66. The molecule has 0 aliphatic carbocycles. The first-order valence-corrected chi connectivity index (χ1v) is 8.50. The van der Waals surface area contributed by atoms with Gasteiger partial charge in [0.15, 0.2) is 5.76 Å². The standard InChI is InChI=1S/C16H14N2O5S/c19-16(15-4-2-10-23-15)18-12-5-7-14(8-6-12)24(20,21)17-11-13-3-1-9-22-13/h1-10,17H,11H2,(H,18,19). The van der Waals surface area contributed by atoms with Gasteiger partial charge in [0, 0.05) is 5.69 Å². The molecule has 0 radical (unpaired) electrons. The lowest BCUT2D eigenvalue weighted by Crippen LogP contribution is -2.23. The number of hydrogen-bond acceptors (Lipinski definition) is 5. The highest BCUT2D eigenvalue weighted by molar-refractivity contribution is 7.89. The van der Waals surface area contributed by atoms with Crippen LogP contribution in [0.4, 0.5) is 5.69 Å². The third-order valence-corrected chi connectivity index (χ3v) is 4.60. The van der Waals surface area contributed by atoms with E-state index in [0.29, 0.717) is 11.4 Å². The summed E-state index contributed by atoms with van der Waals surface area (Å²) in [6, 6.07) is 12.3. The number of rotatable bonds is 6. The molecule has 0 aliphatic heterocycles. The van der Waals surface area contributed by atoms with E-state index in [1.165, 1.54) is 42.9 Å². The predicted octanol–water partition coefficient (Wildman–Crippen LogP) is 2.60. The minimum Gasteiger partial charge on any atom is -0.468 e. The SMILES string of the molecule is O=C(Nc1ccc(S(=O)(=O)NCc2ccco2)cc1)c1ccco1. The van der Waals surface area contributed by atoms with Crippen molar-refractivity contribution in [1.29, 1.82) is 0 Å². The third kappa shape index (κ3) is 3.73. The molecular weight excluding hydrogens is 332 g/mol. The van der Waals surface area contributed by atoms with Crippen LogP contribution < -0.4 is 10.0 Å². The van der Waals surface area contributed by atoms with Gasteiger partial charge in [-0.05, 0) is 48.5 Å². The number of sulfonamides is 1. The van der Waals surface area contributed by atoms with Crippen molar-refractivity contribution >= 4 is 21.6 Å². The van der Waals surface area contributed by atoms with E-state index in [-0.39, 0.29) is 17.2 Å². The molecule has 0 bridgehead atoms. The van der Waals surface area contributed by atoms with Crippen molar-refractivity contribution in [2.24, 2.45) is 0 Å². The van der Waals surface area contributed by atoms with Gasteiger partial charge in [-0.15, -0.1) is 0 Å².